The minimum Gasteiger partial charge on any atom is -0.478 e. The molecule has 1 heterocycles. The third-order valence-electron chi connectivity index (χ3n) is 5.13. The molecule has 3 aromatic carbocycles. The fourth-order valence-corrected chi connectivity index (χ4v) is 3.70. The van der Waals surface area contributed by atoms with Gasteiger partial charge in [-0.3, -0.25) is 9.79 Å². The van der Waals surface area contributed by atoms with Crippen LogP contribution in [0.25, 0.3) is 16.3 Å². The number of fused-ring (bicyclic) bond motifs is 1. The average Bonchev–Trinajstić information content (AvgIpc) is 2.72. The van der Waals surface area contributed by atoms with Crippen LogP contribution in [0.2, 0.25) is 0 Å². The molecule has 0 unspecified atom stereocenters. The average molecular weight is 398 g/mol. The summed E-state index contributed by atoms with van der Waals surface area (Å²) >= 11 is 0. The van der Waals surface area contributed by atoms with E-state index in [2.05, 4.69) is 30.2 Å². The molecule has 3 aromatic rings. The molecule has 0 spiro atoms. The van der Waals surface area contributed by atoms with Crippen LogP contribution in [0.1, 0.15) is 40.1 Å². The Morgan fingerprint density at radius 1 is 1.00 bits per heavy atom. The van der Waals surface area contributed by atoms with Crippen LogP contribution in [0.3, 0.4) is 0 Å². The number of hydrogen-bond acceptors (Lipinski definition) is 3. The molecule has 0 atom stereocenters. The number of benzene rings is 3. The molecule has 0 fully saturated rings. The van der Waals surface area contributed by atoms with Gasteiger partial charge in [0.15, 0.2) is 0 Å². The topological polar surface area (TPSA) is 78.8 Å². The number of anilines is 1. The number of allylic oxidation sites excluding steroid dienone is 1. The maximum Gasteiger partial charge on any atom is 0.335 e. The summed E-state index contributed by atoms with van der Waals surface area (Å²) in [4.78, 5) is 28.7. The Kier molecular flexibility index (Phi) is 4.96. The van der Waals surface area contributed by atoms with Gasteiger partial charge >= 0.3 is 5.97 Å². The maximum atomic E-state index is 13.1. The van der Waals surface area contributed by atoms with Crippen molar-refractivity contribution < 1.29 is 14.7 Å². The zero-order valence-electron chi connectivity index (χ0n) is 16.8. The lowest BCUT2D eigenvalue weighted by Crippen LogP contribution is -2.17. The van der Waals surface area contributed by atoms with E-state index in [1.54, 1.807) is 18.2 Å². The van der Waals surface area contributed by atoms with Crippen molar-refractivity contribution in [3.63, 3.8) is 0 Å². The Morgan fingerprint density at radius 2 is 1.70 bits per heavy atom. The lowest BCUT2D eigenvalue weighted by molar-refractivity contribution is 0.0696. The first-order chi connectivity index (χ1) is 14.3. The predicted octanol–water partition coefficient (Wildman–Crippen LogP) is 5.28. The highest BCUT2D eigenvalue weighted by atomic mass is 16.4. The van der Waals surface area contributed by atoms with Gasteiger partial charge in [0.2, 0.25) is 0 Å². The molecule has 150 valence electrons. The first-order valence-corrected chi connectivity index (χ1v) is 9.74. The number of aromatic carboxylic acids is 1. The van der Waals surface area contributed by atoms with Gasteiger partial charge in [-0.2, -0.15) is 0 Å². The third-order valence-corrected chi connectivity index (χ3v) is 5.13. The summed E-state index contributed by atoms with van der Waals surface area (Å²) in [5.41, 5.74) is 3.20. The minimum absolute atomic E-state index is 0.0463. The molecule has 0 saturated heterocycles. The third kappa shape index (κ3) is 3.87. The molecule has 0 aromatic heterocycles. The smallest absolute Gasteiger partial charge is 0.335 e. The first kappa shape index (κ1) is 19.6. The molecular formula is C25H22N2O3. The van der Waals surface area contributed by atoms with Crippen molar-refractivity contribution in [2.75, 3.05) is 11.9 Å². The number of carbonyl (C=O) groups excluding carboxylic acids is 1. The number of carboxylic acids is 1. The van der Waals surface area contributed by atoms with Crippen LogP contribution >= 0.6 is 0 Å². The molecule has 0 aliphatic carbocycles. The van der Waals surface area contributed by atoms with Gasteiger partial charge < -0.3 is 10.4 Å². The van der Waals surface area contributed by atoms with E-state index in [4.69, 9.17) is 5.11 Å². The number of aliphatic imine (C=N–C) groups is 1. The minimum atomic E-state index is -1.00. The molecule has 1 aliphatic heterocycles. The van der Waals surface area contributed by atoms with Crippen molar-refractivity contribution in [3.8, 4) is 0 Å². The van der Waals surface area contributed by atoms with Crippen LogP contribution in [0, 0.1) is 5.41 Å². The zero-order chi connectivity index (χ0) is 21.3. The summed E-state index contributed by atoms with van der Waals surface area (Å²) in [6, 6.07) is 17.8. The second-order valence-electron chi connectivity index (χ2n) is 8.10. The van der Waals surface area contributed by atoms with Gasteiger partial charge in [0, 0.05) is 34.8 Å². The maximum absolute atomic E-state index is 13.1. The Labute approximate surface area is 174 Å². The Bertz CT molecular complexity index is 1200. The second kappa shape index (κ2) is 7.59. The van der Waals surface area contributed by atoms with Crippen molar-refractivity contribution >= 4 is 40.1 Å². The number of nitrogens with zero attached hydrogens (tertiary/aromatic N) is 1. The number of amides is 1. The highest BCUT2D eigenvalue weighted by Crippen LogP contribution is 2.33. The van der Waals surface area contributed by atoms with E-state index < -0.39 is 5.97 Å². The Morgan fingerprint density at radius 3 is 2.37 bits per heavy atom. The summed E-state index contributed by atoms with van der Waals surface area (Å²) in [5.74, 6) is -1.25. The summed E-state index contributed by atoms with van der Waals surface area (Å²) < 4.78 is 0. The van der Waals surface area contributed by atoms with Crippen LogP contribution in [0.15, 0.2) is 71.7 Å². The molecule has 0 saturated carbocycles. The number of rotatable bonds is 4. The van der Waals surface area contributed by atoms with Crippen molar-refractivity contribution in [1.29, 1.82) is 0 Å². The van der Waals surface area contributed by atoms with Crippen molar-refractivity contribution in [1.82, 2.24) is 0 Å². The van der Waals surface area contributed by atoms with Crippen molar-refractivity contribution in [3.05, 3.63) is 83.4 Å². The molecule has 30 heavy (non-hydrogen) atoms. The van der Waals surface area contributed by atoms with Gasteiger partial charge in [-0.25, -0.2) is 4.79 Å². The number of carbonyl (C=O) groups is 2. The van der Waals surface area contributed by atoms with E-state index >= 15 is 0 Å². The van der Waals surface area contributed by atoms with Gasteiger partial charge in [-0.15, -0.1) is 0 Å². The summed E-state index contributed by atoms with van der Waals surface area (Å²) in [7, 11) is 0. The lowest BCUT2D eigenvalue weighted by Gasteiger charge is -2.23. The monoisotopic (exact) mass is 398 g/mol. The van der Waals surface area contributed by atoms with Crippen molar-refractivity contribution in [2.45, 2.75) is 13.8 Å². The number of carboxylic acid groups (broad SMARTS) is 1. The number of dihydropyridines is 1. The van der Waals surface area contributed by atoms with Crippen LogP contribution in [0.5, 0.6) is 0 Å². The first-order valence-electron chi connectivity index (χ1n) is 9.74. The fourth-order valence-electron chi connectivity index (χ4n) is 3.70. The normalized spacial score (nSPS) is 14.9. The second-order valence-corrected chi connectivity index (χ2v) is 8.10. The highest BCUT2D eigenvalue weighted by molar-refractivity contribution is 6.21. The largest absolute Gasteiger partial charge is 0.478 e. The molecule has 5 nitrogen and oxygen atoms in total. The Balaban J connectivity index is 1.76. The van der Waals surface area contributed by atoms with Crippen LogP contribution in [-0.4, -0.2) is 29.7 Å². The van der Waals surface area contributed by atoms with Crippen LogP contribution in [0.4, 0.5) is 5.69 Å². The zero-order valence-corrected chi connectivity index (χ0v) is 16.8. The van der Waals surface area contributed by atoms with Gasteiger partial charge in [-0.1, -0.05) is 50.3 Å². The van der Waals surface area contributed by atoms with E-state index in [9.17, 15) is 9.59 Å². The summed E-state index contributed by atoms with van der Waals surface area (Å²) in [6.45, 7) is 5.02. The van der Waals surface area contributed by atoms with Gasteiger partial charge in [0.05, 0.1) is 5.56 Å². The molecule has 0 radical (unpaired) electrons. The molecular weight excluding hydrogens is 376 g/mol. The van der Waals surface area contributed by atoms with Gasteiger partial charge in [-0.05, 0) is 46.9 Å². The summed E-state index contributed by atoms with van der Waals surface area (Å²) in [5, 5.41) is 13.8. The van der Waals surface area contributed by atoms with E-state index in [0.717, 1.165) is 28.5 Å². The molecule has 5 heteroatoms. The SMILES string of the molecule is CC1(C)C=C(c2cccc3cccc(C(=O)Nc4ccc(C(=O)O)cc4)c23)C=NC1. The van der Waals surface area contributed by atoms with E-state index in [0.29, 0.717) is 11.3 Å². The van der Waals surface area contributed by atoms with E-state index in [-0.39, 0.29) is 16.9 Å². The quantitative estimate of drug-likeness (QED) is 0.627. The van der Waals surface area contributed by atoms with E-state index in [1.807, 2.05) is 36.5 Å². The number of hydrogen-bond donors (Lipinski definition) is 2. The van der Waals surface area contributed by atoms with Crippen LogP contribution in [-0.2, 0) is 0 Å². The van der Waals surface area contributed by atoms with Crippen LogP contribution < -0.4 is 5.32 Å². The lowest BCUT2D eigenvalue weighted by atomic mass is 9.85. The molecule has 0 bridgehead atoms. The predicted molar refractivity (Wildman–Crippen MR) is 120 cm³/mol. The Hall–Kier alpha value is -3.73. The standard InChI is InChI=1S/C25H22N2O3/c1-25(2)13-18(14-26-15-25)20-7-3-5-16-6-4-8-21(22(16)20)23(28)27-19-11-9-17(10-12-19)24(29)30/h3-14H,15H2,1-2H3,(H,27,28)(H,29,30). The summed E-state index contributed by atoms with van der Waals surface area (Å²) in [6.07, 6.45) is 4.08. The fraction of sp³-hybridized carbons (Fsp3) is 0.160. The number of nitrogens with one attached hydrogen (secondary N) is 1. The van der Waals surface area contributed by atoms with E-state index in [1.165, 1.54) is 12.1 Å². The van der Waals surface area contributed by atoms with Gasteiger partial charge in [0.1, 0.15) is 0 Å². The highest BCUT2D eigenvalue weighted by Gasteiger charge is 2.21. The van der Waals surface area contributed by atoms with Crippen molar-refractivity contribution in [2.24, 2.45) is 10.4 Å². The molecule has 2 N–H and O–H groups in total. The molecule has 4 rings (SSSR count). The molecule has 1 aliphatic rings. The molecule has 1 amide bonds. The van der Waals surface area contributed by atoms with Gasteiger partial charge in [0.25, 0.3) is 5.91 Å².